The molecule has 2 N–H and O–H groups in total. The summed E-state index contributed by atoms with van der Waals surface area (Å²) in [6.45, 7) is 0. The molecule has 0 bridgehead atoms. The molecule has 0 radical (unpaired) electrons. The summed E-state index contributed by atoms with van der Waals surface area (Å²) in [6.07, 6.45) is -4.57. The van der Waals surface area contributed by atoms with Crippen LogP contribution in [0.15, 0.2) is 12.1 Å². The van der Waals surface area contributed by atoms with Gasteiger partial charge in [-0.1, -0.05) is 11.6 Å². The highest BCUT2D eigenvalue weighted by atomic mass is 35.5. The Morgan fingerprint density at radius 2 is 1.93 bits per heavy atom. The maximum atomic E-state index is 12.3. The fourth-order valence-electron chi connectivity index (χ4n) is 0.954. The first-order valence-corrected chi connectivity index (χ1v) is 3.81. The van der Waals surface area contributed by atoms with Crippen molar-refractivity contribution in [1.82, 2.24) is 0 Å². The molecule has 1 aromatic carbocycles. The number of nitrogens with zero attached hydrogens (tertiary/aromatic N) is 1. The van der Waals surface area contributed by atoms with Crippen molar-refractivity contribution in [2.75, 3.05) is 5.73 Å². The van der Waals surface area contributed by atoms with Crippen molar-refractivity contribution in [3.63, 3.8) is 0 Å². The van der Waals surface area contributed by atoms with E-state index >= 15 is 0 Å². The number of halogens is 4. The lowest BCUT2D eigenvalue weighted by molar-refractivity contribution is -0.136. The molecule has 74 valence electrons. The SMILES string of the molecule is N#Cc1c(Cl)ccc(C(F)(F)F)c1N. The lowest BCUT2D eigenvalue weighted by atomic mass is 10.1. The first-order chi connectivity index (χ1) is 6.38. The van der Waals surface area contributed by atoms with Crippen molar-refractivity contribution in [1.29, 1.82) is 5.26 Å². The van der Waals surface area contributed by atoms with Crippen LogP contribution in [0.3, 0.4) is 0 Å². The van der Waals surface area contributed by atoms with Gasteiger partial charge in [0.25, 0.3) is 0 Å². The number of hydrogen-bond donors (Lipinski definition) is 1. The van der Waals surface area contributed by atoms with Crippen LogP contribution in [0.1, 0.15) is 11.1 Å². The van der Waals surface area contributed by atoms with Gasteiger partial charge in [-0.25, -0.2) is 0 Å². The van der Waals surface area contributed by atoms with E-state index in [1.54, 1.807) is 0 Å². The standard InChI is InChI=1S/C8H4ClF3N2/c9-6-2-1-5(8(10,11)12)7(14)4(6)3-13/h1-2H,14H2. The number of nitriles is 1. The number of rotatable bonds is 0. The van der Waals surface area contributed by atoms with E-state index in [0.29, 0.717) is 0 Å². The summed E-state index contributed by atoms with van der Waals surface area (Å²) in [5.74, 6) is 0. The molecule has 0 saturated carbocycles. The summed E-state index contributed by atoms with van der Waals surface area (Å²) >= 11 is 5.48. The van der Waals surface area contributed by atoms with Crippen LogP contribution in [0, 0.1) is 11.3 Å². The molecule has 0 fully saturated rings. The molecule has 0 unspecified atom stereocenters. The largest absolute Gasteiger partial charge is 0.418 e. The molecule has 2 nitrogen and oxygen atoms in total. The average molecular weight is 221 g/mol. The number of alkyl halides is 3. The molecule has 0 saturated heterocycles. The minimum atomic E-state index is -4.57. The predicted octanol–water partition coefficient (Wildman–Crippen LogP) is 2.81. The second-order valence-corrected chi connectivity index (χ2v) is 2.90. The maximum Gasteiger partial charge on any atom is 0.418 e. The number of nitrogen functional groups attached to an aromatic ring is 1. The third kappa shape index (κ3) is 1.75. The third-order valence-electron chi connectivity index (χ3n) is 1.61. The first kappa shape index (κ1) is 10.7. The smallest absolute Gasteiger partial charge is 0.397 e. The van der Waals surface area contributed by atoms with Gasteiger partial charge < -0.3 is 5.73 Å². The molecule has 1 rings (SSSR count). The Balaban J connectivity index is 3.46. The van der Waals surface area contributed by atoms with Crippen molar-refractivity contribution >= 4 is 17.3 Å². The van der Waals surface area contributed by atoms with Crippen molar-refractivity contribution < 1.29 is 13.2 Å². The van der Waals surface area contributed by atoms with Gasteiger partial charge in [0.2, 0.25) is 0 Å². The predicted molar refractivity (Wildman–Crippen MR) is 45.6 cm³/mol. The van der Waals surface area contributed by atoms with Crippen molar-refractivity contribution in [2.24, 2.45) is 0 Å². The molecule has 0 heterocycles. The zero-order valence-corrected chi connectivity index (χ0v) is 7.45. The highest BCUT2D eigenvalue weighted by Crippen LogP contribution is 2.36. The van der Waals surface area contributed by atoms with Crippen molar-refractivity contribution in [3.05, 3.63) is 28.3 Å². The van der Waals surface area contributed by atoms with Gasteiger partial charge >= 0.3 is 6.18 Å². The molecule has 0 aliphatic heterocycles. The van der Waals surface area contributed by atoms with E-state index in [1.807, 2.05) is 0 Å². The summed E-state index contributed by atoms with van der Waals surface area (Å²) in [7, 11) is 0. The van der Waals surface area contributed by atoms with Crippen LogP contribution in [-0.2, 0) is 6.18 Å². The molecule has 0 atom stereocenters. The number of benzene rings is 1. The maximum absolute atomic E-state index is 12.3. The first-order valence-electron chi connectivity index (χ1n) is 3.43. The van der Waals surface area contributed by atoms with Crippen LogP contribution in [0.25, 0.3) is 0 Å². The van der Waals surface area contributed by atoms with Crippen LogP contribution in [-0.4, -0.2) is 0 Å². The third-order valence-corrected chi connectivity index (χ3v) is 1.93. The van der Waals surface area contributed by atoms with Crippen LogP contribution in [0.5, 0.6) is 0 Å². The molecule has 0 aliphatic rings. The van der Waals surface area contributed by atoms with Crippen LogP contribution < -0.4 is 5.73 Å². The summed E-state index contributed by atoms with van der Waals surface area (Å²) in [5.41, 5.74) is 3.13. The molecular formula is C8H4ClF3N2. The molecule has 0 aliphatic carbocycles. The lowest BCUT2D eigenvalue weighted by Gasteiger charge is -2.11. The molecule has 1 aromatic rings. The zero-order valence-electron chi connectivity index (χ0n) is 6.69. The van der Waals surface area contributed by atoms with Gasteiger partial charge in [-0.05, 0) is 12.1 Å². The summed E-state index contributed by atoms with van der Waals surface area (Å²) in [6, 6.07) is 3.27. The summed E-state index contributed by atoms with van der Waals surface area (Å²) < 4.78 is 36.8. The fourth-order valence-corrected chi connectivity index (χ4v) is 1.16. The topological polar surface area (TPSA) is 49.8 Å². The number of hydrogen-bond acceptors (Lipinski definition) is 2. The zero-order chi connectivity index (χ0) is 10.9. The van der Waals surface area contributed by atoms with Gasteiger partial charge in [-0.3, -0.25) is 0 Å². The van der Waals surface area contributed by atoms with E-state index in [9.17, 15) is 13.2 Å². The van der Waals surface area contributed by atoms with Gasteiger partial charge in [0.15, 0.2) is 0 Å². The fraction of sp³-hybridized carbons (Fsp3) is 0.125. The van der Waals surface area contributed by atoms with Crippen LogP contribution in [0.2, 0.25) is 5.02 Å². The van der Waals surface area contributed by atoms with Crippen molar-refractivity contribution in [2.45, 2.75) is 6.18 Å². The lowest BCUT2D eigenvalue weighted by Crippen LogP contribution is -2.10. The number of anilines is 1. The minimum absolute atomic E-state index is 0.0852. The highest BCUT2D eigenvalue weighted by Gasteiger charge is 2.34. The van der Waals surface area contributed by atoms with Gasteiger partial charge in [0.1, 0.15) is 6.07 Å². The van der Waals surface area contributed by atoms with Gasteiger partial charge in [0.05, 0.1) is 21.8 Å². The molecule has 14 heavy (non-hydrogen) atoms. The van der Waals surface area contributed by atoms with Gasteiger partial charge in [0, 0.05) is 0 Å². The second kappa shape index (κ2) is 3.39. The summed E-state index contributed by atoms with van der Waals surface area (Å²) in [4.78, 5) is 0. The Hall–Kier alpha value is -1.41. The van der Waals surface area contributed by atoms with Crippen molar-refractivity contribution in [3.8, 4) is 6.07 Å². The van der Waals surface area contributed by atoms with E-state index in [1.165, 1.54) is 6.07 Å². The average Bonchev–Trinajstić information content (AvgIpc) is 2.02. The van der Waals surface area contributed by atoms with E-state index < -0.39 is 17.4 Å². The second-order valence-electron chi connectivity index (χ2n) is 2.49. The highest BCUT2D eigenvalue weighted by molar-refractivity contribution is 6.32. The van der Waals surface area contributed by atoms with E-state index in [-0.39, 0.29) is 10.6 Å². The Bertz CT molecular complexity index is 406. The van der Waals surface area contributed by atoms with E-state index in [2.05, 4.69) is 0 Å². The van der Waals surface area contributed by atoms with Gasteiger partial charge in [-0.15, -0.1) is 0 Å². The summed E-state index contributed by atoms with van der Waals surface area (Å²) in [5, 5.41) is 8.42. The Labute approximate surface area is 82.7 Å². The monoisotopic (exact) mass is 220 g/mol. The Morgan fingerprint density at radius 3 is 2.36 bits per heavy atom. The molecule has 0 spiro atoms. The molecule has 0 amide bonds. The Morgan fingerprint density at radius 1 is 1.36 bits per heavy atom. The minimum Gasteiger partial charge on any atom is -0.397 e. The quantitative estimate of drug-likeness (QED) is 0.684. The molecule has 6 heteroatoms. The normalized spacial score (nSPS) is 11.1. The molecule has 0 aromatic heterocycles. The van der Waals surface area contributed by atoms with E-state index in [4.69, 9.17) is 22.6 Å². The van der Waals surface area contributed by atoms with Crippen LogP contribution in [0.4, 0.5) is 18.9 Å². The van der Waals surface area contributed by atoms with E-state index in [0.717, 1.165) is 12.1 Å². The van der Waals surface area contributed by atoms with Gasteiger partial charge in [-0.2, -0.15) is 18.4 Å². The number of nitrogens with two attached hydrogens (primary N) is 1. The van der Waals surface area contributed by atoms with Crippen LogP contribution >= 0.6 is 11.6 Å². The molecular weight excluding hydrogens is 217 g/mol. The Kier molecular flexibility index (Phi) is 2.58.